The standard InChI is InChI=1S/C16H14ClN3O3S2/c1-10-3-4-12(9-11(10)2)25(22,23)19-14(21)6-5-13-15(17)18-16-20(13)7-8-24-16/h3-9H,1-2H3,(H,19,21)/b6-5+. The molecule has 3 aromatic rings. The van der Waals surface area contributed by atoms with Gasteiger partial charge in [-0.3, -0.25) is 9.20 Å². The number of rotatable bonds is 4. The van der Waals surface area contributed by atoms with Crippen LogP contribution in [0.4, 0.5) is 0 Å². The number of imidazole rings is 1. The monoisotopic (exact) mass is 395 g/mol. The maximum absolute atomic E-state index is 12.3. The summed E-state index contributed by atoms with van der Waals surface area (Å²) in [6.07, 6.45) is 4.31. The Kier molecular flexibility index (Phi) is 4.68. The van der Waals surface area contributed by atoms with Crippen LogP contribution in [0.25, 0.3) is 11.0 Å². The number of halogens is 1. The molecule has 0 atom stereocenters. The first-order valence-corrected chi connectivity index (χ1v) is 9.95. The van der Waals surface area contributed by atoms with Crippen molar-refractivity contribution in [2.24, 2.45) is 0 Å². The van der Waals surface area contributed by atoms with E-state index < -0.39 is 15.9 Å². The lowest BCUT2D eigenvalue weighted by atomic mass is 10.1. The average molecular weight is 396 g/mol. The molecule has 0 bridgehead atoms. The predicted molar refractivity (Wildman–Crippen MR) is 98.4 cm³/mol. The Bertz CT molecular complexity index is 1100. The number of thiazole rings is 1. The molecule has 0 radical (unpaired) electrons. The summed E-state index contributed by atoms with van der Waals surface area (Å²) >= 11 is 7.43. The Balaban J connectivity index is 1.80. The Morgan fingerprint density at radius 3 is 2.80 bits per heavy atom. The van der Waals surface area contributed by atoms with E-state index in [-0.39, 0.29) is 10.0 Å². The molecule has 1 N–H and O–H groups in total. The highest BCUT2D eigenvalue weighted by atomic mass is 35.5. The van der Waals surface area contributed by atoms with Crippen LogP contribution in [0.1, 0.15) is 16.8 Å². The highest BCUT2D eigenvalue weighted by Gasteiger charge is 2.17. The van der Waals surface area contributed by atoms with Gasteiger partial charge in [-0.05, 0) is 43.2 Å². The van der Waals surface area contributed by atoms with E-state index in [1.54, 1.807) is 16.7 Å². The summed E-state index contributed by atoms with van der Waals surface area (Å²) in [6, 6.07) is 4.69. The number of nitrogens with zero attached hydrogens (tertiary/aromatic N) is 2. The number of fused-ring (bicyclic) bond motifs is 1. The molecule has 3 rings (SSSR count). The zero-order chi connectivity index (χ0) is 18.2. The van der Waals surface area contributed by atoms with E-state index >= 15 is 0 Å². The van der Waals surface area contributed by atoms with Crippen molar-refractivity contribution in [3.63, 3.8) is 0 Å². The van der Waals surface area contributed by atoms with Gasteiger partial charge in [-0.2, -0.15) is 0 Å². The van der Waals surface area contributed by atoms with Gasteiger partial charge in [0.15, 0.2) is 10.1 Å². The second kappa shape index (κ2) is 6.62. The quantitative estimate of drug-likeness (QED) is 0.688. The van der Waals surface area contributed by atoms with Crippen molar-refractivity contribution in [1.82, 2.24) is 14.1 Å². The average Bonchev–Trinajstić information content (AvgIpc) is 3.08. The van der Waals surface area contributed by atoms with Gasteiger partial charge in [-0.1, -0.05) is 17.7 Å². The second-order valence-corrected chi connectivity index (χ2v) is 8.31. The highest BCUT2D eigenvalue weighted by Crippen LogP contribution is 2.22. The van der Waals surface area contributed by atoms with Gasteiger partial charge in [0.1, 0.15) is 0 Å². The molecule has 1 aromatic carbocycles. The van der Waals surface area contributed by atoms with Crippen LogP contribution in [-0.2, 0) is 14.8 Å². The van der Waals surface area contributed by atoms with E-state index in [0.29, 0.717) is 10.7 Å². The molecule has 0 unspecified atom stereocenters. The maximum atomic E-state index is 12.3. The Morgan fingerprint density at radius 1 is 1.32 bits per heavy atom. The minimum absolute atomic E-state index is 0.0416. The molecule has 6 nitrogen and oxygen atoms in total. The topological polar surface area (TPSA) is 80.5 Å². The van der Waals surface area contributed by atoms with Gasteiger partial charge >= 0.3 is 0 Å². The van der Waals surface area contributed by atoms with Crippen molar-refractivity contribution < 1.29 is 13.2 Å². The third kappa shape index (κ3) is 3.60. The summed E-state index contributed by atoms with van der Waals surface area (Å²) in [5.41, 5.74) is 2.31. The number of carbonyl (C=O) groups excluding carboxylic acids is 1. The molecular formula is C16H14ClN3O3S2. The fraction of sp³-hybridized carbons (Fsp3) is 0.125. The molecule has 0 aliphatic heterocycles. The van der Waals surface area contributed by atoms with Gasteiger partial charge in [0.25, 0.3) is 15.9 Å². The minimum atomic E-state index is -3.94. The molecule has 1 amide bonds. The number of benzene rings is 1. The molecule has 2 heterocycles. The van der Waals surface area contributed by atoms with Crippen molar-refractivity contribution >= 4 is 49.9 Å². The van der Waals surface area contributed by atoms with Crippen molar-refractivity contribution in [2.45, 2.75) is 18.7 Å². The lowest BCUT2D eigenvalue weighted by molar-refractivity contribution is -0.114. The SMILES string of the molecule is Cc1ccc(S(=O)(=O)NC(=O)/C=C/c2c(Cl)nc3sccn23)cc1C. The molecule has 0 aliphatic carbocycles. The fourth-order valence-corrected chi connectivity index (χ4v) is 4.22. The molecule has 0 fully saturated rings. The summed E-state index contributed by atoms with van der Waals surface area (Å²) in [4.78, 5) is 16.9. The Hall–Kier alpha value is -2.16. The third-order valence-corrected chi connectivity index (χ3v) is 6.05. The molecule has 9 heteroatoms. The number of hydrogen-bond acceptors (Lipinski definition) is 5. The van der Waals surface area contributed by atoms with E-state index in [1.165, 1.54) is 29.5 Å². The summed E-state index contributed by atoms with van der Waals surface area (Å²) in [5, 5.41) is 2.08. The summed E-state index contributed by atoms with van der Waals surface area (Å²) in [6.45, 7) is 3.69. The lowest BCUT2D eigenvalue weighted by Crippen LogP contribution is -2.29. The van der Waals surface area contributed by atoms with Crippen LogP contribution in [0, 0.1) is 13.8 Å². The zero-order valence-electron chi connectivity index (χ0n) is 13.4. The molecule has 25 heavy (non-hydrogen) atoms. The van der Waals surface area contributed by atoms with Crippen molar-refractivity contribution in [3.05, 3.63) is 57.8 Å². The van der Waals surface area contributed by atoms with Gasteiger partial charge in [-0.15, -0.1) is 11.3 Å². The van der Waals surface area contributed by atoms with E-state index in [4.69, 9.17) is 11.6 Å². The van der Waals surface area contributed by atoms with Crippen LogP contribution in [0.2, 0.25) is 5.15 Å². The number of nitrogens with one attached hydrogen (secondary N) is 1. The first-order chi connectivity index (χ1) is 11.8. The predicted octanol–water partition coefficient (Wildman–Crippen LogP) is 3.18. The molecule has 0 spiro atoms. The van der Waals surface area contributed by atoms with Crippen molar-refractivity contribution in [2.75, 3.05) is 0 Å². The largest absolute Gasteiger partial charge is 0.289 e. The Morgan fingerprint density at radius 2 is 2.08 bits per heavy atom. The van der Waals surface area contributed by atoms with E-state index in [9.17, 15) is 13.2 Å². The van der Waals surface area contributed by atoms with Gasteiger partial charge in [-0.25, -0.2) is 18.1 Å². The van der Waals surface area contributed by atoms with Gasteiger partial charge in [0.05, 0.1) is 10.6 Å². The first-order valence-electron chi connectivity index (χ1n) is 7.21. The number of carbonyl (C=O) groups is 1. The molecule has 0 aliphatic rings. The van der Waals surface area contributed by atoms with Crippen LogP contribution in [0.3, 0.4) is 0 Å². The molecule has 130 valence electrons. The maximum Gasteiger partial charge on any atom is 0.264 e. The molecule has 0 saturated carbocycles. The van der Waals surface area contributed by atoms with Crippen LogP contribution < -0.4 is 4.72 Å². The molecule has 0 saturated heterocycles. The summed E-state index contributed by atoms with van der Waals surface area (Å²) < 4.78 is 28.3. The number of aromatic nitrogens is 2. The summed E-state index contributed by atoms with van der Waals surface area (Å²) in [5.74, 6) is -0.764. The third-order valence-electron chi connectivity index (χ3n) is 3.67. The smallest absolute Gasteiger partial charge is 0.264 e. The second-order valence-electron chi connectivity index (χ2n) is 5.39. The lowest BCUT2D eigenvalue weighted by Gasteiger charge is -2.07. The Labute approximate surface area is 153 Å². The fourth-order valence-electron chi connectivity index (χ4n) is 2.19. The number of aryl methyl sites for hydroxylation is 2. The van der Waals surface area contributed by atoms with Crippen LogP contribution >= 0.6 is 22.9 Å². The van der Waals surface area contributed by atoms with E-state index in [0.717, 1.165) is 17.2 Å². The van der Waals surface area contributed by atoms with Crippen molar-refractivity contribution in [3.8, 4) is 0 Å². The van der Waals surface area contributed by atoms with Crippen LogP contribution in [0.15, 0.2) is 40.7 Å². The first kappa shape index (κ1) is 17.7. The number of amides is 1. The van der Waals surface area contributed by atoms with E-state index in [1.807, 2.05) is 23.9 Å². The van der Waals surface area contributed by atoms with E-state index in [2.05, 4.69) is 4.98 Å². The van der Waals surface area contributed by atoms with Crippen LogP contribution in [-0.4, -0.2) is 23.7 Å². The van der Waals surface area contributed by atoms with Gasteiger partial charge in [0, 0.05) is 17.7 Å². The molecular weight excluding hydrogens is 382 g/mol. The zero-order valence-corrected chi connectivity index (χ0v) is 15.7. The molecule has 2 aromatic heterocycles. The highest BCUT2D eigenvalue weighted by molar-refractivity contribution is 7.90. The number of hydrogen-bond donors (Lipinski definition) is 1. The van der Waals surface area contributed by atoms with Gasteiger partial charge in [0.2, 0.25) is 0 Å². The van der Waals surface area contributed by atoms with Crippen LogP contribution in [0.5, 0.6) is 0 Å². The number of sulfonamides is 1. The van der Waals surface area contributed by atoms with Gasteiger partial charge < -0.3 is 0 Å². The normalized spacial score (nSPS) is 12.1. The summed E-state index contributed by atoms with van der Waals surface area (Å²) in [7, 11) is -3.94. The van der Waals surface area contributed by atoms with Crippen molar-refractivity contribution in [1.29, 1.82) is 0 Å². The minimum Gasteiger partial charge on any atom is -0.289 e.